The average Bonchev–Trinajstić information content (AvgIpc) is 3.35. The molecule has 35 heavy (non-hydrogen) atoms. The van der Waals surface area contributed by atoms with Crippen LogP contribution >= 0.6 is 0 Å². The molecule has 0 unspecified atom stereocenters. The highest BCUT2D eigenvalue weighted by Gasteiger charge is 2.47. The molecule has 1 heterocycles. The predicted octanol–water partition coefficient (Wildman–Crippen LogP) is 5.26. The first-order valence-electron chi connectivity index (χ1n) is 10.9. The molecule has 1 aliphatic rings. The van der Waals surface area contributed by atoms with Gasteiger partial charge < -0.3 is 19.3 Å². The maximum absolute atomic E-state index is 12.5. The molecule has 0 bridgehead atoms. The van der Waals surface area contributed by atoms with E-state index in [1.54, 1.807) is 24.3 Å². The van der Waals surface area contributed by atoms with Gasteiger partial charge in [-0.15, -0.1) is 13.2 Å². The maximum atomic E-state index is 12.5. The van der Waals surface area contributed by atoms with Crippen LogP contribution in [0.2, 0.25) is 0 Å². The number of amides is 1. The lowest BCUT2D eigenvalue weighted by Gasteiger charge is -2.30. The minimum Gasteiger partial charge on any atom is -0.468 e. The molecule has 1 saturated carbocycles. The maximum Gasteiger partial charge on any atom is 0.573 e. The highest BCUT2D eigenvalue weighted by atomic mass is 19.4. The van der Waals surface area contributed by atoms with Crippen LogP contribution in [0.1, 0.15) is 48.4 Å². The van der Waals surface area contributed by atoms with Gasteiger partial charge in [0.25, 0.3) is 5.91 Å². The van der Waals surface area contributed by atoms with Gasteiger partial charge in [-0.3, -0.25) is 9.59 Å². The number of hydrogen-bond donors (Lipinski definition) is 1. The van der Waals surface area contributed by atoms with Gasteiger partial charge in [-0.05, 0) is 61.4 Å². The van der Waals surface area contributed by atoms with E-state index in [2.05, 4.69) is 20.2 Å². The molecule has 0 spiro atoms. The number of aromatic nitrogens is 2. The Kier molecular flexibility index (Phi) is 6.77. The zero-order valence-electron chi connectivity index (χ0n) is 18.7. The van der Waals surface area contributed by atoms with E-state index < -0.39 is 23.4 Å². The number of halogens is 3. The standard InChI is InChI=1S/C24H22F3N3O5/c1-33-22(32)23(13-3-2-4-14-23)21-29-19(30-35-21)15-5-9-17(10-6-15)28-20(31)16-7-11-18(12-8-16)34-24(25,26)27/h5-12H,2-4,13-14H2,1H3,(H,28,31). The number of carbonyl (C=O) groups is 2. The van der Waals surface area contributed by atoms with Crippen LogP contribution in [0.25, 0.3) is 11.4 Å². The van der Waals surface area contributed by atoms with Gasteiger partial charge in [0.05, 0.1) is 7.11 Å². The lowest BCUT2D eigenvalue weighted by molar-refractivity contribution is -0.274. The largest absolute Gasteiger partial charge is 0.573 e. The number of methoxy groups -OCH3 is 1. The number of rotatable bonds is 6. The number of nitrogens with zero attached hydrogens (tertiary/aromatic N) is 2. The molecule has 3 aromatic rings. The van der Waals surface area contributed by atoms with E-state index in [4.69, 9.17) is 9.26 Å². The van der Waals surface area contributed by atoms with Crippen LogP contribution < -0.4 is 10.1 Å². The van der Waals surface area contributed by atoms with Crippen molar-refractivity contribution in [3.05, 3.63) is 60.0 Å². The number of benzene rings is 2. The summed E-state index contributed by atoms with van der Waals surface area (Å²) in [7, 11) is 1.34. The molecule has 8 nitrogen and oxygen atoms in total. The molecule has 1 aromatic heterocycles. The second kappa shape index (κ2) is 9.77. The first-order valence-corrected chi connectivity index (χ1v) is 10.9. The molecular formula is C24H22F3N3O5. The number of alkyl halides is 3. The number of ether oxygens (including phenoxy) is 2. The molecule has 0 radical (unpaired) electrons. The van der Waals surface area contributed by atoms with Gasteiger partial charge in [-0.25, -0.2) is 0 Å². The van der Waals surface area contributed by atoms with Crippen LogP contribution in [-0.2, 0) is 14.9 Å². The Balaban J connectivity index is 1.44. The third-order valence-electron chi connectivity index (χ3n) is 5.87. The normalized spacial score (nSPS) is 15.3. The molecule has 1 aliphatic carbocycles. The topological polar surface area (TPSA) is 104 Å². The summed E-state index contributed by atoms with van der Waals surface area (Å²) in [5, 5.41) is 6.68. The van der Waals surface area contributed by atoms with E-state index in [0.717, 1.165) is 31.4 Å². The molecule has 4 rings (SSSR count). The van der Waals surface area contributed by atoms with E-state index in [1.807, 2.05) is 0 Å². The van der Waals surface area contributed by atoms with Crippen molar-refractivity contribution in [1.29, 1.82) is 0 Å². The van der Waals surface area contributed by atoms with Gasteiger partial charge in [0.2, 0.25) is 11.7 Å². The third kappa shape index (κ3) is 5.44. The Hall–Kier alpha value is -3.89. The molecular weight excluding hydrogens is 467 g/mol. The quantitative estimate of drug-likeness (QED) is 0.471. The van der Waals surface area contributed by atoms with E-state index in [9.17, 15) is 22.8 Å². The van der Waals surface area contributed by atoms with Crippen molar-refractivity contribution in [2.75, 3.05) is 12.4 Å². The summed E-state index contributed by atoms with van der Waals surface area (Å²) in [6.45, 7) is 0. The molecule has 0 aliphatic heterocycles. The van der Waals surface area contributed by atoms with Crippen LogP contribution in [0.3, 0.4) is 0 Å². The molecule has 1 N–H and O–H groups in total. The van der Waals surface area contributed by atoms with Gasteiger partial charge in [0.15, 0.2) is 0 Å². The van der Waals surface area contributed by atoms with Crippen LogP contribution in [-0.4, -0.2) is 35.5 Å². The van der Waals surface area contributed by atoms with Crippen molar-refractivity contribution in [3.8, 4) is 17.1 Å². The van der Waals surface area contributed by atoms with Gasteiger partial charge >= 0.3 is 12.3 Å². The Morgan fingerprint density at radius 3 is 2.26 bits per heavy atom. The van der Waals surface area contributed by atoms with Gasteiger partial charge in [0.1, 0.15) is 11.2 Å². The lowest BCUT2D eigenvalue weighted by Crippen LogP contribution is -2.39. The van der Waals surface area contributed by atoms with Gasteiger partial charge in [0, 0.05) is 16.8 Å². The van der Waals surface area contributed by atoms with E-state index in [1.165, 1.54) is 19.2 Å². The van der Waals surface area contributed by atoms with E-state index in [0.29, 0.717) is 29.9 Å². The van der Waals surface area contributed by atoms with Crippen LogP contribution in [0, 0.1) is 0 Å². The van der Waals surface area contributed by atoms with Crippen LogP contribution in [0.5, 0.6) is 5.75 Å². The van der Waals surface area contributed by atoms with Crippen molar-refractivity contribution in [2.45, 2.75) is 43.9 Å². The molecule has 0 saturated heterocycles. The van der Waals surface area contributed by atoms with Crippen molar-refractivity contribution >= 4 is 17.6 Å². The molecule has 1 amide bonds. The molecule has 0 atom stereocenters. The third-order valence-corrected chi connectivity index (χ3v) is 5.87. The second-order valence-electron chi connectivity index (χ2n) is 8.16. The lowest BCUT2D eigenvalue weighted by atomic mass is 9.74. The average molecular weight is 489 g/mol. The zero-order chi connectivity index (χ0) is 25.1. The van der Waals surface area contributed by atoms with Gasteiger partial charge in [-0.1, -0.05) is 24.4 Å². The fourth-order valence-electron chi connectivity index (χ4n) is 4.10. The number of nitrogens with one attached hydrogen (secondary N) is 1. The minimum atomic E-state index is -4.80. The summed E-state index contributed by atoms with van der Waals surface area (Å²) in [5.74, 6) is -0.777. The zero-order valence-corrected chi connectivity index (χ0v) is 18.7. The summed E-state index contributed by atoms with van der Waals surface area (Å²) >= 11 is 0. The highest BCUT2D eigenvalue weighted by Crippen LogP contribution is 2.40. The Morgan fingerprint density at radius 1 is 1.00 bits per heavy atom. The smallest absolute Gasteiger partial charge is 0.468 e. The molecule has 184 valence electrons. The second-order valence-corrected chi connectivity index (χ2v) is 8.16. The monoisotopic (exact) mass is 489 g/mol. The minimum absolute atomic E-state index is 0.159. The number of carbonyl (C=O) groups excluding carboxylic acids is 2. The molecule has 1 fully saturated rings. The van der Waals surface area contributed by atoms with Crippen LogP contribution in [0.4, 0.5) is 18.9 Å². The van der Waals surface area contributed by atoms with Gasteiger partial charge in [-0.2, -0.15) is 4.98 Å². The first kappa shape index (κ1) is 24.2. The summed E-state index contributed by atoms with van der Waals surface area (Å²) in [6, 6.07) is 11.2. The highest BCUT2D eigenvalue weighted by molar-refractivity contribution is 6.04. The van der Waals surface area contributed by atoms with Crippen molar-refractivity contribution < 1.29 is 36.8 Å². The van der Waals surface area contributed by atoms with Crippen LogP contribution in [0.15, 0.2) is 53.1 Å². The SMILES string of the molecule is COC(=O)C1(c2nc(-c3ccc(NC(=O)c4ccc(OC(F)(F)F)cc4)cc3)no2)CCCCC1. The molecule has 11 heteroatoms. The fourth-order valence-corrected chi connectivity index (χ4v) is 4.10. The van der Waals surface area contributed by atoms with Crippen molar-refractivity contribution in [3.63, 3.8) is 0 Å². The van der Waals surface area contributed by atoms with Crippen molar-refractivity contribution in [2.24, 2.45) is 0 Å². The van der Waals surface area contributed by atoms with E-state index >= 15 is 0 Å². The molecule has 2 aromatic carbocycles. The summed E-state index contributed by atoms with van der Waals surface area (Å²) in [4.78, 5) is 29.4. The Morgan fingerprint density at radius 2 is 1.66 bits per heavy atom. The Bertz CT molecular complexity index is 1180. The summed E-state index contributed by atoms with van der Waals surface area (Å²) in [6.07, 6.45) is -0.899. The number of hydrogen-bond acceptors (Lipinski definition) is 7. The Labute approximate surface area is 198 Å². The fraction of sp³-hybridized carbons (Fsp3) is 0.333. The summed E-state index contributed by atoms with van der Waals surface area (Å²) in [5.41, 5.74) is 0.290. The predicted molar refractivity (Wildman–Crippen MR) is 118 cm³/mol. The number of anilines is 1. The first-order chi connectivity index (χ1) is 16.7. The number of esters is 1. The van der Waals surface area contributed by atoms with Crippen molar-refractivity contribution in [1.82, 2.24) is 10.1 Å². The van der Waals surface area contributed by atoms with E-state index in [-0.39, 0.29) is 17.4 Å². The summed E-state index contributed by atoms with van der Waals surface area (Å²) < 4.78 is 51.1.